The molecule has 0 saturated carbocycles. The van der Waals surface area contributed by atoms with E-state index in [2.05, 4.69) is 194 Å². The highest BCUT2D eigenvalue weighted by atomic mass is 15.0. The van der Waals surface area contributed by atoms with Gasteiger partial charge in [-0.25, -0.2) is 0 Å². The molecule has 7 aromatic carbocycles. The van der Waals surface area contributed by atoms with Gasteiger partial charge in [0, 0.05) is 16.5 Å². The van der Waals surface area contributed by atoms with Crippen LogP contribution in [0.3, 0.4) is 0 Å². The average Bonchev–Trinajstić information content (AvgIpc) is 3.42. The number of hydrogen-bond acceptors (Lipinski definition) is 0. The Morgan fingerprint density at radius 2 is 1.06 bits per heavy atom. The summed E-state index contributed by atoms with van der Waals surface area (Å²) >= 11 is 0. The Kier molecular flexibility index (Phi) is 7.82. The van der Waals surface area contributed by atoms with Crippen molar-refractivity contribution in [2.75, 3.05) is 0 Å². The maximum atomic E-state index is 2.45. The minimum Gasteiger partial charge on any atom is -0.309 e. The van der Waals surface area contributed by atoms with Crippen LogP contribution in [0.25, 0.3) is 66.1 Å². The summed E-state index contributed by atoms with van der Waals surface area (Å²) in [5.74, 6) is 0. The molecule has 0 saturated heterocycles. The van der Waals surface area contributed by atoms with E-state index in [0.717, 1.165) is 12.8 Å². The summed E-state index contributed by atoms with van der Waals surface area (Å²) < 4.78 is 2.41. The van der Waals surface area contributed by atoms with Gasteiger partial charge in [-0.05, 0) is 117 Å². The van der Waals surface area contributed by atoms with E-state index < -0.39 is 0 Å². The van der Waals surface area contributed by atoms with E-state index in [0.29, 0.717) is 0 Å². The lowest BCUT2D eigenvalue weighted by atomic mass is 9.87. The minimum absolute atomic E-state index is 0.909. The minimum atomic E-state index is 0.909. The normalized spacial score (nSPS) is 13.6. The molecule has 1 aliphatic carbocycles. The van der Waals surface area contributed by atoms with Crippen LogP contribution in [0.2, 0.25) is 0 Å². The third kappa shape index (κ3) is 5.52. The van der Waals surface area contributed by atoms with Gasteiger partial charge in [0.2, 0.25) is 0 Å². The average molecular weight is 654 g/mol. The van der Waals surface area contributed by atoms with Crippen LogP contribution in [-0.2, 0) is 0 Å². The van der Waals surface area contributed by atoms with Gasteiger partial charge in [0.15, 0.2) is 0 Å². The Hall–Kier alpha value is -6.18. The topological polar surface area (TPSA) is 4.93 Å². The molecule has 1 heterocycles. The number of para-hydroxylation sites is 1. The molecule has 1 aliphatic rings. The van der Waals surface area contributed by atoms with E-state index in [-0.39, 0.29) is 0 Å². The van der Waals surface area contributed by atoms with Crippen molar-refractivity contribution in [3.8, 4) is 16.8 Å². The van der Waals surface area contributed by atoms with Crippen molar-refractivity contribution in [3.05, 3.63) is 204 Å². The zero-order chi connectivity index (χ0) is 34.3. The summed E-state index contributed by atoms with van der Waals surface area (Å²) in [6.45, 7) is 4.60. The second-order valence-corrected chi connectivity index (χ2v) is 13.7. The van der Waals surface area contributed by atoms with Crippen molar-refractivity contribution in [2.45, 2.75) is 26.7 Å². The fraction of sp³-hybridized carbons (Fsp3) is 0.0800. The van der Waals surface area contributed by atoms with Gasteiger partial charge in [0.25, 0.3) is 0 Å². The van der Waals surface area contributed by atoms with Crippen molar-refractivity contribution < 1.29 is 0 Å². The van der Waals surface area contributed by atoms with Crippen molar-refractivity contribution in [1.82, 2.24) is 4.57 Å². The smallest absolute Gasteiger partial charge is 0.0547 e. The van der Waals surface area contributed by atoms with Gasteiger partial charge in [-0.15, -0.1) is 0 Å². The highest BCUT2D eigenvalue weighted by Gasteiger charge is 2.21. The molecule has 0 amide bonds. The van der Waals surface area contributed by atoms with Gasteiger partial charge in [0.05, 0.1) is 11.0 Å². The zero-order valence-corrected chi connectivity index (χ0v) is 29.1. The van der Waals surface area contributed by atoms with Crippen LogP contribution < -0.4 is 0 Å². The summed E-state index contributed by atoms with van der Waals surface area (Å²) in [7, 11) is 0. The number of aromatic nitrogens is 1. The molecule has 0 aliphatic heterocycles. The molecule has 1 aromatic heterocycles. The van der Waals surface area contributed by atoms with Crippen LogP contribution >= 0.6 is 0 Å². The first kappa shape index (κ1) is 30.8. The molecule has 0 spiro atoms. The molecule has 1 heteroatoms. The summed E-state index contributed by atoms with van der Waals surface area (Å²) in [5.41, 5.74) is 16.8. The lowest BCUT2D eigenvalue weighted by Gasteiger charge is -2.17. The molecule has 8 aromatic rings. The summed E-state index contributed by atoms with van der Waals surface area (Å²) in [5, 5.41) is 5.10. The lowest BCUT2D eigenvalue weighted by molar-refractivity contribution is 1.14. The number of hydrogen-bond donors (Lipinski definition) is 0. The molecule has 51 heavy (non-hydrogen) atoms. The first-order valence-electron chi connectivity index (χ1n) is 18.0. The maximum absolute atomic E-state index is 2.45. The monoisotopic (exact) mass is 653 g/mol. The predicted octanol–water partition coefficient (Wildman–Crippen LogP) is 13.7. The van der Waals surface area contributed by atoms with Crippen LogP contribution in [-0.4, -0.2) is 4.57 Å². The molecule has 0 N–H and O–H groups in total. The molecule has 9 rings (SSSR count). The zero-order valence-electron chi connectivity index (χ0n) is 29.1. The summed E-state index contributed by atoms with van der Waals surface area (Å²) in [6.07, 6.45) is 4.33. The maximum Gasteiger partial charge on any atom is 0.0547 e. The van der Waals surface area contributed by atoms with Crippen molar-refractivity contribution in [3.63, 3.8) is 0 Å². The molecule has 0 atom stereocenters. The molecular formula is C50H39N. The first-order valence-corrected chi connectivity index (χ1v) is 18.0. The standard InChI is InChI=1S/C50H39N/c1-3-44-46(38-14-6-4-7-15-38)32-42(30-34(2)50(44)39-16-8-5-9-17-39)37-24-22-35(23-25-37)36-26-28-43(29-27-36)51-48-21-13-12-20-45(48)47-31-40-18-10-11-19-41(40)33-49(47)51/h4-29,31-33H,3,30H2,1-2H3. The fourth-order valence-electron chi connectivity index (χ4n) is 8.15. The van der Waals surface area contributed by atoms with E-state index in [4.69, 9.17) is 0 Å². The Labute approximate surface area is 300 Å². The van der Waals surface area contributed by atoms with Gasteiger partial charge in [-0.3, -0.25) is 0 Å². The highest BCUT2D eigenvalue weighted by Crippen LogP contribution is 2.43. The Bertz CT molecular complexity index is 2650. The lowest BCUT2D eigenvalue weighted by Crippen LogP contribution is -1.96. The molecule has 0 fully saturated rings. The van der Waals surface area contributed by atoms with Crippen molar-refractivity contribution in [2.24, 2.45) is 0 Å². The summed E-state index contributed by atoms with van der Waals surface area (Å²) in [6, 6.07) is 62.1. The second kappa shape index (κ2) is 12.9. The van der Waals surface area contributed by atoms with E-state index in [1.807, 2.05) is 0 Å². The third-order valence-corrected chi connectivity index (χ3v) is 10.6. The number of benzene rings is 7. The molecule has 0 unspecified atom stereocenters. The predicted molar refractivity (Wildman–Crippen MR) is 219 cm³/mol. The number of rotatable bonds is 6. The Morgan fingerprint density at radius 1 is 0.490 bits per heavy atom. The van der Waals surface area contributed by atoms with Gasteiger partial charge < -0.3 is 4.57 Å². The van der Waals surface area contributed by atoms with Gasteiger partial charge >= 0.3 is 0 Å². The van der Waals surface area contributed by atoms with Crippen LogP contribution in [0.5, 0.6) is 0 Å². The quantitative estimate of drug-likeness (QED) is 0.168. The first-order chi connectivity index (χ1) is 25.2. The SMILES string of the molecule is CCC1=C(c2ccccc2)C=C(c2ccc(-c3ccc(-n4c5ccccc5c5cc6ccccc6cc54)cc3)cc2)CC(C)=C1c1ccccc1. The van der Waals surface area contributed by atoms with E-state index in [9.17, 15) is 0 Å². The molecule has 0 radical (unpaired) electrons. The van der Waals surface area contributed by atoms with Crippen molar-refractivity contribution >= 4 is 49.3 Å². The van der Waals surface area contributed by atoms with Crippen molar-refractivity contribution in [1.29, 1.82) is 0 Å². The van der Waals surface area contributed by atoms with E-state index in [1.54, 1.807) is 0 Å². The van der Waals surface area contributed by atoms with Gasteiger partial charge in [-0.2, -0.15) is 0 Å². The molecule has 0 bridgehead atoms. The van der Waals surface area contributed by atoms with Gasteiger partial charge in [0.1, 0.15) is 0 Å². The fourth-order valence-corrected chi connectivity index (χ4v) is 8.15. The molecule has 1 nitrogen and oxygen atoms in total. The Balaban J connectivity index is 1.08. The Morgan fingerprint density at radius 3 is 1.75 bits per heavy atom. The van der Waals surface area contributed by atoms with Crippen LogP contribution in [0.1, 0.15) is 43.4 Å². The van der Waals surface area contributed by atoms with Gasteiger partial charge in [-0.1, -0.05) is 152 Å². The molecular weight excluding hydrogens is 615 g/mol. The number of allylic oxidation sites excluding steroid dienone is 6. The van der Waals surface area contributed by atoms with Crippen LogP contribution in [0.15, 0.2) is 187 Å². The third-order valence-electron chi connectivity index (χ3n) is 10.6. The van der Waals surface area contributed by atoms with Crippen LogP contribution in [0, 0.1) is 0 Å². The van der Waals surface area contributed by atoms with E-state index >= 15 is 0 Å². The highest BCUT2D eigenvalue weighted by molar-refractivity contribution is 6.13. The number of nitrogens with zero attached hydrogens (tertiary/aromatic N) is 1. The van der Waals surface area contributed by atoms with E-state index in [1.165, 1.54) is 93.9 Å². The summed E-state index contributed by atoms with van der Waals surface area (Å²) in [4.78, 5) is 0. The largest absolute Gasteiger partial charge is 0.309 e. The van der Waals surface area contributed by atoms with Crippen LogP contribution in [0.4, 0.5) is 0 Å². The molecule has 244 valence electrons. The number of fused-ring (bicyclic) bond motifs is 4. The second-order valence-electron chi connectivity index (χ2n) is 13.7.